The van der Waals surface area contributed by atoms with Gasteiger partial charge in [0.1, 0.15) is 22.4 Å². The monoisotopic (exact) mass is 318 g/mol. The van der Waals surface area contributed by atoms with E-state index in [1.54, 1.807) is 6.07 Å². The standard InChI is InChI=1S/C11H11ClN2O3S2/c1-2-3-6-4-8(9(18-6)11(15)16)17-5-7-10(12)19-14-13-7/h4H,2-3,5H2,1H3,(H,15,16). The van der Waals surface area contributed by atoms with Gasteiger partial charge in [-0.25, -0.2) is 4.79 Å². The molecule has 0 spiro atoms. The minimum absolute atomic E-state index is 0.123. The third kappa shape index (κ3) is 3.43. The molecule has 1 N–H and O–H groups in total. The Morgan fingerprint density at radius 2 is 2.37 bits per heavy atom. The minimum atomic E-state index is -0.982. The SMILES string of the molecule is CCCc1cc(OCc2nnsc2Cl)c(C(=O)O)s1. The van der Waals surface area contributed by atoms with E-state index in [0.717, 1.165) is 29.3 Å². The van der Waals surface area contributed by atoms with Gasteiger partial charge in [-0.2, -0.15) is 0 Å². The predicted octanol–water partition coefficient (Wildman–Crippen LogP) is 3.48. The third-order valence-electron chi connectivity index (χ3n) is 2.31. The predicted molar refractivity (Wildman–Crippen MR) is 74.5 cm³/mol. The molecule has 0 bridgehead atoms. The molecule has 5 nitrogen and oxygen atoms in total. The molecule has 0 aliphatic rings. The van der Waals surface area contributed by atoms with Crippen LogP contribution in [-0.2, 0) is 13.0 Å². The number of ether oxygens (including phenoxy) is 1. The fraction of sp³-hybridized carbons (Fsp3) is 0.364. The van der Waals surface area contributed by atoms with Crippen LogP contribution in [0.1, 0.15) is 33.6 Å². The van der Waals surface area contributed by atoms with E-state index in [1.165, 1.54) is 11.3 Å². The molecule has 0 saturated heterocycles. The molecule has 102 valence electrons. The summed E-state index contributed by atoms with van der Waals surface area (Å²) in [6.07, 6.45) is 1.80. The lowest BCUT2D eigenvalue weighted by Crippen LogP contribution is -2.00. The molecule has 2 aromatic heterocycles. The number of rotatable bonds is 6. The summed E-state index contributed by atoms with van der Waals surface area (Å²) < 4.78 is 9.65. The van der Waals surface area contributed by atoms with Crippen LogP contribution in [-0.4, -0.2) is 20.7 Å². The Morgan fingerprint density at radius 1 is 1.58 bits per heavy atom. The van der Waals surface area contributed by atoms with Gasteiger partial charge in [-0.3, -0.25) is 0 Å². The molecule has 0 aliphatic heterocycles. The summed E-state index contributed by atoms with van der Waals surface area (Å²) >= 11 is 8.18. The van der Waals surface area contributed by atoms with E-state index < -0.39 is 5.97 Å². The van der Waals surface area contributed by atoms with E-state index in [9.17, 15) is 4.79 Å². The van der Waals surface area contributed by atoms with Crippen LogP contribution in [0.2, 0.25) is 4.34 Å². The van der Waals surface area contributed by atoms with E-state index in [1.807, 2.05) is 6.92 Å². The summed E-state index contributed by atoms with van der Waals surface area (Å²) in [5.74, 6) is -0.616. The van der Waals surface area contributed by atoms with Crippen LogP contribution >= 0.6 is 34.5 Å². The summed E-state index contributed by atoms with van der Waals surface area (Å²) in [5, 5.41) is 13.0. The maximum Gasteiger partial charge on any atom is 0.349 e. The molecule has 0 atom stereocenters. The quantitative estimate of drug-likeness (QED) is 0.882. The molecule has 0 fully saturated rings. The summed E-state index contributed by atoms with van der Waals surface area (Å²) in [6, 6.07) is 1.77. The first-order valence-electron chi connectivity index (χ1n) is 5.57. The zero-order valence-electron chi connectivity index (χ0n) is 10.1. The van der Waals surface area contributed by atoms with Crippen molar-refractivity contribution >= 4 is 40.4 Å². The third-order valence-corrected chi connectivity index (χ3v) is 4.46. The van der Waals surface area contributed by atoms with Crippen molar-refractivity contribution in [1.29, 1.82) is 0 Å². The topological polar surface area (TPSA) is 72.3 Å². The average Bonchev–Trinajstić information content (AvgIpc) is 2.94. The van der Waals surface area contributed by atoms with Crippen LogP contribution in [0.25, 0.3) is 0 Å². The normalized spacial score (nSPS) is 10.6. The number of thiophene rings is 1. The fourth-order valence-corrected chi connectivity index (χ4v) is 3.12. The van der Waals surface area contributed by atoms with Crippen molar-refractivity contribution in [3.05, 3.63) is 25.9 Å². The number of nitrogens with zero attached hydrogens (tertiary/aromatic N) is 2. The summed E-state index contributed by atoms with van der Waals surface area (Å²) in [6.45, 7) is 2.17. The van der Waals surface area contributed by atoms with Crippen LogP contribution in [0, 0.1) is 0 Å². The highest BCUT2D eigenvalue weighted by Gasteiger charge is 2.17. The largest absolute Gasteiger partial charge is 0.485 e. The zero-order valence-corrected chi connectivity index (χ0v) is 12.4. The van der Waals surface area contributed by atoms with Crippen molar-refractivity contribution in [1.82, 2.24) is 9.59 Å². The molecule has 0 aromatic carbocycles. The molecule has 0 unspecified atom stereocenters. The minimum Gasteiger partial charge on any atom is -0.485 e. The van der Waals surface area contributed by atoms with Gasteiger partial charge in [-0.1, -0.05) is 29.4 Å². The Labute approximate surface area is 123 Å². The molecule has 0 amide bonds. The van der Waals surface area contributed by atoms with Crippen LogP contribution < -0.4 is 4.74 Å². The van der Waals surface area contributed by atoms with E-state index in [2.05, 4.69) is 9.59 Å². The smallest absolute Gasteiger partial charge is 0.349 e. The van der Waals surface area contributed by atoms with Gasteiger partial charge in [0, 0.05) is 16.4 Å². The maximum atomic E-state index is 11.1. The second-order valence-electron chi connectivity index (χ2n) is 3.74. The number of hydrogen-bond acceptors (Lipinski definition) is 6. The molecular weight excluding hydrogens is 308 g/mol. The first-order chi connectivity index (χ1) is 9.11. The number of carboxylic acid groups (broad SMARTS) is 1. The van der Waals surface area contributed by atoms with Crippen molar-refractivity contribution < 1.29 is 14.6 Å². The number of carboxylic acids is 1. The number of carbonyl (C=O) groups is 1. The second-order valence-corrected chi connectivity index (χ2v) is 6.24. The first-order valence-corrected chi connectivity index (χ1v) is 7.54. The highest BCUT2D eigenvalue weighted by Crippen LogP contribution is 2.31. The zero-order chi connectivity index (χ0) is 13.8. The Hall–Kier alpha value is -1.18. The van der Waals surface area contributed by atoms with Gasteiger partial charge in [0.05, 0.1) is 0 Å². The number of aryl methyl sites for hydroxylation is 1. The Kier molecular flexibility index (Phi) is 4.73. The lowest BCUT2D eigenvalue weighted by atomic mass is 10.3. The van der Waals surface area contributed by atoms with Crippen LogP contribution in [0.4, 0.5) is 0 Å². The van der Waals surface area contributed by atoms with Crippen molar-refractivity contribution in [2.24, 2.45) is 0 Å². The number of aromatic nitrogens is 2. The number of halogens is 1. The van der Waals surface area contributed by atoms with E-state index in [4.69, 9.17) is 21.4 Å². The molecule has 0 aliphatic carbocycles. The second kappa shape index (κ2) is 6.31. The lowest BCUT2D eigenvalue weighted by Gasteiger charge is -2.02. The molecule has 8 heteroatoms. The number of hydrogen-bond donors (Lipinski definition) is 1. The lowest BCUT2D eigenvalue weighted by molar-refractivity contribution is 0.0697. The summed E-state index contributed by atoms with van der Waals surface area (Å²) in [4.78, 5) is 12.4. The Balaban J connectivity index is 2.14. The summed E-state index contributed by atoms with van der Waals surface area (Å²) in [5.41, 5.74) is 0.520. The molecule has 19 heavy (non-hydrogen) atoms. The van der Waals surface area contributed by atoms with Crippen LogP contribution in [0.5, 0.6) is 5.75 Å². The van der Waals surface area contributed by atoms with Crippen molar-refractivity contribution in [2.75, 3.05) is 0 Å². The Bertz CT molecular complexity index is 582. The van der Waals surface area contributed by atoms with Crippen molar-refractivity contribution in [3.8, 4) is 5.75 Å². The first kappa shape index (κ1) is 14.2. The van der Waals surface area contributed by atoms with Gasteiger partial charge >= 0.3 is 5.97 Å². The van der Waals surface area contributed by atoms with Gasteiger partial charge < -0.3 is 9.84 Å². The van der Waals surface area contributed by atoms with Gasteiger partial charge in [0.2, 0.25) is 0 Å². The Morgan fingerprint density at radius 3 is 2.95 bits per heavy atom. The average molecular weight is 319 g/mol. The van der Waals surface area contributed by atoms with E-state index >= 15 is 0 Å². The highest BCUT2D eigenvalue weighted by atomic mass is 35.5. The summed E-state index contributed by atoms with van der Waals surface area (Å²) in [7, 11) is 0. The molecule has 2 aromatic rings. The molecule has 2 heterocycles. The number of aromatic carboxylic acids is 1. The van der Waals surface area contributed by atoms with Gasteiger partial charge in [-0.15, -0.1) is 16.4 Å². The van der Waals surface area contributed by atoms with Gasteiger partial charge in [0.15, 0.2) is 4.88 Å². The van der Waals surface area contributed by atoms with Crippen molar-refractivity contribution in [2.45, 2.75) is 26.4 Å². The molecule has 2 rings (SSSR count). The maximum absolute atomic E-state index is 11.1. The van der Waals surface area contributed by atoms with Gasteiger partial charge in [-0.05, 0) is 12.5 Å². The van der Waals surface area contributed by atoms with Crippen molar-refractivity contribution in [3.63, 3.8) is 0 Å². The molecule has 0 radical (unpaired) electrons. The molecular formula is C11H11ClN2O3S2. The van der Waals surface area contributed by atoms with Crippen LogP contribution in [0.15, 0.2) is 6.07 Å². The molecule has 0 saturated carbocycles. The highest BCUT2D eigenvalue weighted by molar-refractivity contribution is 7.14. The fourth-order valence-electron chi connectivity index (χ4n) is 1.48. The van der Waals surface area contributed by atoms with E-state index in [0.29, 0.717) is 15.8 Å². The van der Waals surface area contributed by atoms with Gasteiger partial charge in [0.25, 0.3) is 0 Å². The van der Waals surface area contributed by atoms with E-state index in [-0.39, 0.29) is 11.5 Å². The van der Waals surface area contributed by atoms with Crippen LogP contribution in [0.3, 0.4) is 0 Å².